The molecule has 18 heavy (non-hydrogen) atoms. The molecule has 2 aromatic heterocycles. The number of morpholine rings is 1. The van der Waals surface area contributed by atoms with Gasteiger partial charge in [-0.15, -0.1) is 0 Å². The highest BCUT2D eigenvalue weighted by atomic mass is 127. The van der Waals surface area contributed by atoms with Crippen LogP contribution in [0.5, 0.6) is 0 Å². The summed E-state index contributed by atoms with van der Waals surface area (Å²) in [5.41, 5.74) is 7.61. The van der Waals surface area contributed by atoms with E-state index in [-0.39, 0.29) is 0 Å². The van der Waals surface area contributed by atoms with Crippen molar-refractivity contribution >= 4 is 40.1 Å². The van der Waals surface area contributed by atoms with E-state index in [9.17, 15) is 0 Å². The summed E-state index contributed by atoms with van der Waals surface area (Å²) >= 11 is 2.23. The second kappa shape index (κ2) is 4.50. The first kappa shape index (κ1) is 11.9. The summed E-state index contributed by atoms with van der Waals surface area (Å²) in [5.74, 6) is 1.02. The van der Waals surface area contributed by atoms with Crippen LogP contribution in [0.3, 0.4) is 0 Å². The molecule has 3 rings (SSSR count). The number of nitrogens with zero attached hydrogens (tertiary/aromatic N) is 5. The van der Waals surface area contributed by atoms with Crippen LogP contribution in [0.25, 0.3) is 5.65 Å². The van der Waals surface area contributed by atoms with Gasteiger partial charge in [0.05, 0.1) is 22.5 Å². The Hall–Kier alpha value is -1.16. The molecule has 1 aliphatic heterocycles. The Labute approximate surface area is 117 Å². The third-order valence-electron chi connectivity index (χ3n) is 2.90. The average molecular weight is 360 g/mol. The van der Waals surface area contributed by atoms with Crippen molar-refractivity contribution in [3.05, 3.63) is 9.26 Å². The predicted octanol–water partition coefficient (Wildman–Crippen LogP) is 0.456. The Balaban J connectivity index is 2.10. The summed E-state index contributed by atoms with van der Waals surface area (Å²) in [6.45, 7) is 4.91. The number of aromatic nitrogens is 4. The molecule has 0 aromatic carbocycles. The molecule has 8 heteroatoms. The van der Waals surface area contributed by atoms with E-state index in [2.05, 4.69) is 42.6 Å². The van der Waals surface area contributed by atoms with Gasteiger partial charge in [-0.25, -0.2) is 0 Å². The lowest BCUT2D eigenvalue weighted by Gasteiger charge is -2.26. The summed E-state index contributed by atoms with van der Waals surface area (Å²) in [6, 6.07) is 0. The standard InChI is InChI=1S/C10H13IN6O/c1-6-7(11)8-13-10(14-9(12)17(8)15-6)16-2-4-18-5-3-16/h2-5H2,1H3,(H2,12,13,14). The first-order valence-corrected chi connectivity index (χ1v) is 6.76. The molecule has 96 valence electrons. The Kier molecular flexibility index (Phi) is 2.98. The topological polar surface area (TPSA) is 81.6 Å². The highest BCUT2D eigenvalue weighted by Crippen LogP contribution is 2.20. The number of aryl methyl sites for hydroxylation is 1. The molecule has 1 aliphatic rings. The maximum atomic E-state index is 5.93. The smallest absolute Gasteiger partial charge is 0.230 e. The number of anilines is 2. The zero-order valence-corrected chi connectivity index (χ0v) is 12.1. The van der Waals surface area contributed by atoms with E-state index in [1.54, 1.807) is 4.52 Å². The van der Waals surface area contributed by atoms with Crippen LogP contribution in [0.2, 0.25) is 0 Å². The number of halogens is 1. The lowest BCUT2D eigenvalue weighted by Crippen LogP contribution is -2.37. The van der Waals surface area contributed by atoms with E-state index in [0.717, 1.165) is 28.0 Å². The van der Waals surface area contributed by atoms with Gasteiger partial charge in [0.2, 0.25) is 11.9 Å². The zero-order chi connectivity index (χ0) is 12.7. The molecule has 7 nitrogen and oxygen atoms in total. The Morgan fingerprint density at radius 2 is 2.00 bits per heavy atom. The minimum Gasteiger partial charge on any atom is -0.378 e. The normalized spacial score (nSPS) is 16.4. The Morgan fingerprint density at radius 1 is 1.28 bits per heavy atom. The number of nitrogen functional groups attached to an aromatic ring is 1. The van der Waals surface area contributed by atoms with Gasteiger partial charge >= 0.3 is 0 Å². The number of rotatable bonds is 1. The number of ether oxygens (including phenoxy) is 1. The van der Waals surface area contributed by atoms with Gasteiger partial charge in [-0.2, -0.15) is 19.6 Å². The second-order valence-corrected chi connectivity index (χ2v) is 5.19. The fraction of sp³-hybridized carbons (Fsp3) is 0.500. The fourth-order valence-corrected chi connectivity index (χ4v) is 2.38. The van der Waals surface area contributed by atoms with Gasteiger partial charge < -0.3 is 15.4 Å². The highest BCUT2D eigenvalue weighted by molar-refractivity contribution is 14.1. The van der Waals surface area contributed by atoms with Crippen molar-refractivity contribution in [2.45, 2.75) is 6.92 Å². The summed E-state index contributed by atoms with van der Waals surface area (Å²) < 4.78 is 7.91. The van der Waals surface area contributed by atoms with Crippen LogP contribution in [0.4, 0.5) is 11.9 Å². The summed E-state index contributed by atoms with van der Waals surface area (Å²) in [5, 5.41) is 4.31. The number of hydrogen-bond acceptors (Lipinski definition) is 6. The first-order valence-electron chi connectivity index (χ1n) is 5.68. The molecule has 0 atom stereocenters. The van der Waals surface area contributed by atoms with Gasteiger partial charge in [0.25, 0.3) is 0 Å². The first-order chi connectivity index (χ1) is 8.66. The van der Waals surface area contributed by atoms with E-state index < -0.39 is 0 Å². The van der Waals surface area contributed by atoms with E-state index in [0.29, 0.717) is 25.1 Å². The quantitative estimate of drug-likeness (QED) is 0.744. The Morgan fingerprint density at radius 3 is 2.72 bits per heavy atom. The molecule has 2 aromatic rings. The molecule has 1 saturated heterocycles. The van der Waals surface area contributed by atoms with Gasteiger partial charge in [-0.05, 0) is 29.5 Å². The molecule has 0 unspecified atom stereocenters. The molecule has 2 N–H and O–H groups in total. The second-order valence-electron chi connectivity index (χ2n) is 4.12. The van der Waals surface area contributed by atoms with E-state index in [1.807, 2.05) is 6.92 Å². The average Bonchev–Trinajstić information content (AvgIpc) is 2.68. The monoisotopic (exact) mass is 360 g/mol. The lowest BCUT2D eigenvalue weighted by molar-refractivity contribution is 0.122. The van der Waals surface area contributed by atoms with Gasteiger partial charge in [-0.1, -0.05) is 0 Å². The maximum absolute atomic E-state index is 5.93. The van der Waals surface area contributed by atoms with Crippen LogP contribution in [0, 0.1) is 10.5 Å². The predicted molar refractivity (Wildman–Crippen MR) is 75.7 cm³/mol. The van der Waals surface area contributed by atoms with Crippen LogP contribution in [-0.4, -0.2) is 45.9 Å². The zero-order valence-electron chi connectivity index (χ0n) is 9.93. The summed E-state index contributed by atoms with van der Waals surface area (Å²) in [4.78, 5) is 10.9. The molecule has 3 heterocycles. The fourth-order valence-electron chi connectivity index (χ4n) is 1.93. The number of nitrogens with two attached hydrogens (primary N) is 1. The van der Waals surface area contributed by atoms with Crippen LogP contribution in [-0.2, 0) is 4.74 Å². The van der Waals surface area contributed by atoms with E-state index in [1.165, 1.54) is 0 Å². The molecule has 0 saturated carbocycles. The molecular formula is C10H13IN6O. The van der Waals surface area contributed by atoms with Crippen molar-refractivity contribution in [1.29, 1.82) is 0 Å². The number of fused-ring (bicyclic) bond motifs is 1. The van der Waals surface area contributed by atoms with Gasteiger partial charge in [-0.3, -0.25) is 0 Å². The van der Waals surface area contributed by atoms with Crippen molar-refractivity contribution in [2.75, 3.05) is 36.9 Å². The van der Waals surface area contributed by atoms with Crippen molar-refractivity contribution in [3.8, 4) is 0 Å². The summed E-state index contributed by atoms with van der Waals surface area (Å²) in [6.07, 6.45) is 0. The molecule has 0 radical (unpaired) electrons. The largest absolute Gasteiger partial charge is 0.378 e. The van der Waals surface area contributed by atoms with Crippen molar-refractivity contribution in [1.82, 2.24) is 19.6 Å². The Bertz CT molecular complexity index is 592. The highest BCUT2D eigenvalue weighted by Gasteiger charge is 2.18. The van der Waals surface area contributed by atoms with Crippen molar-refractivity contribution < 1.29 is 4.74 Å². The minimum absolute atomic E-state index is 0.368. The van der Waals surface area contributed by atoms with Crippen LogP contribution in [0.1, 0.15) is 5.69 Å². The lowest BCUT2D eigenvalue weighted by atomic mass is 10.4. The van der Waals surface area contributed by atoms with E-state index >= 15 is 0 Å². The number of hydrogen-bond donors (Lipinski definition) is 1. The molecular weight excluding hydrogens is 347 g/mol. The maximum Gasteiger partial charge on any atom is 0.230 e. The van der Waals surface area contributed by atoms with Gasteiger partial charge in [0.1, 0.15) is 0 Å². The molecule has 0 bridgehead atoms. The molecule has 1 fully saturated rings. The van der Waals surface area contributed by atoms with Crippen molar-refractivity contribution in [2.24, 2.45) is 0 Å². The van der Waals surface area contributed by atoms with Gasteiger partial charge in [0, 0.05) is 13.1 Å². The van der Waals surface area contributed by atoms with Crippen LogP contribution < -0.4 is 10.6 Å². The van der Waals surface area contributed by atoms with Crippen molar-refractivity contribution in [3.63, 3.8) is 0 Å². The molecule has 0 amide bonds. The third kappa shape index (κ3) is 1.88. The van der Waals surface area contributed by atoms with Crippen LogP contribution in [0.15, 0.2) is 0 Å². The summed E-state index contributed by atoms with van der Waals surface area (Å²) in [7, 11) is 0. The van der Waals surface area contributed by atoms with Gasteiger partial charge in [0.15, 0.2) is 5.65 Å². The SMILES string of the molecule is Cc1nn2c(N)nc(N3CCOCC3)nc2c1I. The molecule has 0 aliphatic carbocycles. The minimum atomic E-state index is 0.368. The van der Waals surface area contributed by atoms with Crippen LogP contribution >= 0.6 is 22.6 Å². The van der Waals surface area contributed by atoms with E-state index in [4.69, 9.17) is 10.5 Å². The third-order valence-corrected chi connectivity index (χ3v) is 4.16. The molecule has 0 spiro atoms.